The van der Waals surface area contributed by atoms with Gasteiger partial charge in [0.2, 0.25) is 0 Å². The largest absolute Gasteiger partial charge is 0.370 e. The third-order valence-electron chi connectivity index (χ3n) is 5.73. The molecule has 4 aromatic heterocycles. The number of fused-ring (bicyclic) bond motifs is 1. The molecular formula is C22H22ClN7O2. The summed E-state index contributed by atoms with van der Waals surface area (Å²) in [6.45, 7) is 3.65. The van der Waals surface area contributed by atoms with Crippen LogP contribution in [0.3, 0.4) is 0 Å². The van der Waals surface area contributed by atoms with Gasteiger partial charge in [-0.05, 0) is 19.1 Å². The van der Waals surface area contributed by atoms with Gasteiger partial charge in [-0.2, -0.15) is 5.10 Å². The molecule has 0 spiro atoms. The first-order valence-corrected chi connectivity index (χ1v) is 10.6. The van der Waals surface area contributed by atoms with Crippen molar-refractivity contribution in [2.75, 3.05) is 24.6 Å². The quantitative estimate of drug-likeness (QED) is 0.473. The zero-order valence-corrected chi connectivity index (χ0v) is 18.7. The molecule has 0 aliphatic carbocycles. The van der Waals surface area contributed by atoms with E-state index in [9.17, 15) is 4.79 Å². The van der Waals surface area contributed by atoms with Gasteiger partial charge in [0.1, 0.15) is 23.4 Å². The molecule has 10 heteroatoms. The third-order valence-corrected chi connectivity index (χ3v) is 5.95. The summed E-state index contributed by atoms with van der Waals surface area (Å²) in [5, 5.41) is 5.21. The highest BCUT2D eigenvalue weighted by Gasteiger charge is 2.26. The van der Waals surface area contributed by atoms with Crippen molar-refractivity contribution < 1.29 is 4.74 Å². The number of aromatic nitrogens is 6. The molecule has 0 saturated carbocycles. The molecule has 0 amide bonds. The Morgan fingerprint density at radius 1 is 1.19 bits per heavy atom. The Balaban J connectivity index is 1.64. The summed E-state index contributed by atoms with van der Waals surface area (Å²) < 4.78 is 9.27. The van der Waals surface area contributed by atoms with Crippen molar-refractivity contribution in [1.82, 2.24) is 29.3 Å². The molecule has 1 atom stereocenters. The number of rotatable bonds is 3. The molecule has 164 valence electrons. The number of nitrogens with zero attached hydrogens (tertiary/aromatic N) is 7. The van der Waals surface area contributed by atoms with E-state index in [0.29, 0.717) is 52.8 Å². The standard InChI is InChI=1S/C22H22ClN7O2/c1-13-26-17-8-19(30-6-7-32-18(12-30)14-9-25-28(2)11-14)27-21(20(17)22(31)29(13)3)16-5-4-15(23)10-24-16/h4-5,8-11,18H,6-7,12H2,1-3H3/t18-/m0/s1. The Hall–Kier alpha value is -3.30. The smallest absolute Gasteiger partial charge is 0.263 e. The van der Waals surface area contributed by atoms with Crippen molar-refractivity contribution in [1.29, 1.82) is 0 Å². The van der Waals surface area contributed by atoms with Crippen LogP contribution in [0.4, 0.5) is 5.82 Å². The van der Waals surface area contributed by atoms with Gasteiger partial charge in [-0.1, -0.05) is 11.6 Å². The molecule has 0 aromatic carbocycles. The lowest BCUT2D eigenvalue weighted by molar-refractivity contribution is 0.0395. The van der Waals surface area contributed by atoms with Crippen LogP contribution in [-0.4, -0.2) is 49.0 Å². The average molecular weight is 452 g/mol. The van der Waals surface area contributed by atoms with E-state index < -0.39 is 0 Å². The Labute approximate surface area is 189 Å². The Bertz CT molecular complexity index is 1360. The molecule has 32 heavy (non-hydrogen) atoms. The lowest BCUT2D eigenvalue weighted by Gasteiger charge is -2.33. The van der Waals surface area contributed by atoms with Crippen molar-refractivity contribution in [3.05, 3.63) is 63.6 Å². The molecule has 1 aliphatic heterocycles. The summed E-state index contributed by atoms with van der Waals surface area (Å²) in [6, 6.07) is 5.38. The topological polar surface area (TPSA) is 91.0 Å². The van der Waals surface area contributed by atoms with Crippen LogP contribution >= 0.6 is 11.6 Å². The number of morpholine rings is 1. The lowest BCUT2D eigenvalue weighted by Crippen LogP contribution is -2.39. The minimum Gasteiger partial charge on any atom is -0.370 e. The predicted octanol–water partition coefficient (Wildman–Crippen LogP) is 2.66. The number of anilines is 1. The minimum absolute atomic E-state index is 0.120. The van der Waals surface area contributed by atoms with E-state index in [1.807, 2.05) is 32.4 Å². The van der Waals surface area contributed by atoms with Crippen molar-refractivity contribution in [2.45, 2.75) is 13.0 Å². The average Bonchev–Trinajstić information content (AvgIpc) is 3.24. The number of ether oxygens (including phenoxy) is 1. The number of aryl methyl sites for hydroxylation is 2. The van der Waals surface area contributed by atoms with Gasteiger partial charge >= 0.3 is 0 Å². The van der Waals surface area contributed by atoms with Crippen LogP contribution in [0, 0.1) is 6.92 Å². The van der Waals surface area contributed by atoms with Crippen molar-refractivity contribution in [2.24, 2.45) is 14.1 Å². The second-order valence-corrected chi connectivity index (χ2v) is 8.30. The van der Waals surface area contributed by atoms with Crippen LogP contribution in [0.1, 0.15) is 17.5 Å². The molecule has 1 aliphatic rings. The summed E-state index contributed by atoms with van der Waals surface area (Å²) in [7, 11) is 3.59. The molecule has 0 unspecified atom stereocenters. The van der Waals surface area contributed by atoms with E-state index in [4.69, 9.17) is 21.3 Å². The second kappa shape index (κ2) is 7.99. The number of hydrogen-bond acceptors (Lipinski definition) is 7. The molecule has 5 rings (SSSR count). The van der Waals surface area contributed by atoms with Gasteiger partial charge in [-0.15, -0.1) is 0 Å². The van der Waals surface area contributed by atoms with Crippen molar-refractivity contribution in [3.63, 3.8) is 0 Å². The first kappa shape index (κ1) is 20.6. The van der Waals surface area contributed by atoms with Crippen LogP contribution in [-0.2, 0) is 18.8 Å². The maximum Gasteiger partial charge on any atom is 0.263 e. The Morgan fingerprint density at radius 2 is 2.03 bits per heavy atom. The summed E-state index contributed by atoms with van der Waals surface area (Å²) in [6.07, 6.45) is 5.21. The minimum atomic E-state index is -0.159. The number of halogens is 1. The first-order valence-electron chi connectivity index (χ1n) is 10.3. The molecule has 0 bridgehead atoms. The van der Waals surface area contributed by atoms with Crippen LogP contribution in [0.5, 0.6) is 0 Å². The third kappa shape index (κ3) is 3.63. The van der Waals surface area contributed by atoms with E-state index >= 15 is 0 Å². The molecule has 4 aromatic rings. The predicted molar refractivity (Wildman–Crippen MR) is 122 cm³/mol. The molecule has 0 N–H and O–H groups in total. The molecular weight excluding hydrogens is 430 g/mol. The van der Waals surface area contributed by atoms with E-state index in [0.717, 1.165) is 11.4 Å². The van der Waals surface area contributed by atoms with E-state index in [1.54, 1.807) is 30.1 Å². The SMILES string of the molecule is Cc1nc2cc(N3CCO[C@H](c4cnn(C)c4)C3)nc(-c3ccc(Cl)cn3)c2c(=O)n1C. The number of hydrogen-bond donors (Lipinski definition) is 0. The van der Waals surface area contributed by atoms with Crippen LogP contribution < -0.4 is 10.5 Å². The van der Waals surface area contributed by atoms with Gasteiger partial charge in [0, 0.05) is 51.2 Å². The highest BCUT2D eigenvalue weighted by atomic mass is 35.5. The van der Waals surface area contributed by atoms with Gasteiger partial charge in [-0.3, -0.25) is 19.0 Å². The Kier molecular flexibility index (Phi) is 5.15. The van der Waals surface area contributed by atoms with Crippen molar-refractivity contribution in [3.8, 4) is 11.4 Å². The summed E-state index contributed by atoms with van der Waals surface area (Å²) in [5.41, 5.74) is 2.51. The fourth-order valence-corrected chi connectivity index (χ4v) is 4.02. The molecule has 1 saturated heterocycles. The molecule has 5 heterocycles. The lowest BCUT2D eigenvalue weighted by atomic mass is 10.1. The fraction of sp³-hybridized carbons (Fsp3) is 0.318. The Morgan fingerprint density at radius 3 is 2.75 bits per heavy atom. The van der Waals surface area contributed by atoms with Crippen LogP contribution in [0.2, 0.25) is 5.02 Å². The van der Waals surface area contributed by atoms with Crippen LogP contribution in [0.25, 0.3) is 22.3 Å². The zero-order valence-electron chi connectivity index (χ0n) is 18.0. The molecule has 9 nitrogen and oxygen atoms in total. The normalized spacial score (nSPS) is 16.6. The van der Waals surface area contributed by atoms with Gasteiger partial charge in [-0.25, -0.2) is 9.97 Å². The van der Waals surface area contributed by atoms with Gasteiger partial charge in [0.25, 0.3) is 5.56 Å². The van der Waals surface area contributed by atoms with Crippen molar-refractivity contribution >= 4 is 28.3 Å². The molecule has 1 fully saturated rings. The molecule has 0 radical (unpaired) electrons. The van der Waals surface area contributed by atoms with Gasteiger partial charge in [0.15, 0.2) is 0 Å². The maximum absolute atomic E-state index is 13.1. The maximum atomic E-state index is 13.1. The van der Waals surface area contributed by atoms with Crippen LogP contribution in [0.15, 0.2) is 41.6 Å². The summed E-state index contributed by atoms with van der Waals surface area (Å²) in [5.74, 6) is 1.35. The first-order chi connectivity index (χ1) is 15.4. The van der Waals surface area contributed by atoms with E-state index in [2.05, 4.69) is 20.0 Å². The monoisotopic (exact) mass is 451 g/mol. The summed E-state index contributed by atoms with van der Waals surface area (Å²) >= 11 is 6.03. The highest BCUT2D eigenvalue weighted by molar-refractivity contribution is 6.30. The fourth-order valence-electron chi connectivity index (χ4n) is 3.91. The van der Waals surface area contributed by atoms with Gasteiger partial charge in [0.05, 0.1) is 34.4 Å². The van der Waals surface area contributed by atoms with Gasteiger partial charge < -0.3 is 9.64 Å². The summed E-state index contributed by atoms with van der Waals surface area (Å²) in [4.78, 5) is 29.2. The highest BCUT2D eigenvalue weighted by Crippen LogP contribution is 2.30. The zero-order chi connectivity index (χ0) is 22.4. The van der Waals surface area contributed by atoms with E-state index in [-0.39, 0.29) is 11.7 Å². The second-order valence-electron chi connectivity index (χ2n) is 7.86. The number of pyridine rings is 2. The van der Waals surface area contributed by atoms with E-state index in [1.165, 1.54) is 4.57 Å².